The zero-order valence-electron chi connectivity index (χ0n) is 14.9. The molecule has 0 saturated heterocycles. The molecule has 0 bridgehead atoms. The largest absolute Gasteiger partial charge is 0.335 e. The van der Waals surface area contributed by atoms with Gasteiger partial charge in [-0.2, -0.15) is 0 Å². The number of rotatable bonds is 6. The zero-order chi connectivity index (χ0) is 17.3. The minimum atomic E-state index is 0.0756. The molecule has 1 N–H and O–H groups in total. The number of nitrogens with zero attached hydrogens (tertiary/aromatic N) is 1. The molecule has 0 aliphatic heterocycles. The van der Waals surface area contributed by atoms with E-state index in [0.29, 0.717) is 12.6 Å². The average Bonchev–Trinajstić information content (AvgIpc) is 2.67. The first-order valence-corrected chi connectivity index (χ1v) is 9.44. The fourth-order valence-electron chi connectivity index (χ4n) is 3.48. The molecule has 1 fully saturated rings. The number of carbonyl (C=O) groups is 1. The van der Waals surface area contributed by atoms with Crippen LogP contribution in [-0.2, 0) is 13.0 Å². The molecule has 2 aromatic rings. The molecule has 0 atom stereocenters. The van der Waals surface area contributed by atoms with E-state index in [-0.39, 0.29) is 6.03 Å². The highest BCUT2D eigenvalue weighted by molar-refractivity contribution is 5.74. The van der Waals surface area contributed by atoms with Gasteiger partial charge in [0, 0.05) is 19.1 Å². The zero-order valence-corrected chi connectivity index (χ0v) is 14.9. The normalized spacial score (nSPS) is 14.9. The van der Waals surface area contributed by atoms with Gasteiger partial charge in [0.15, 0.2) is 0 Å². The van der Waals surface area contributed by atoms with E-state index in [1.165, 1.54) is 30.4 Å². The van der Waals surface area contributed by atoms with Crippen LogP contribution in [0.3, 0.4) is 0 Å². The summed E-state index contributed by atoms with van der Waals surface area (Å²) in [4.78, 5) is 14.8. The number of benzene rings is 2. The van der Waals surface area contributed by atoms with Crippen LogP contribution in [0.1, 0.15) is 43.2 Å². The molecule has 0 heterocycles. The lowest BCUT2D eigenvalue weighted by Gasteiger charge is -2.28. The molecule has 1 aliphatic carbocycles. The maximum absolute atomic E-state index is 12.9. The van der Waals surface area contributed by atoms with Crippen LogP contribution in [0.25, 0.3) is 0 Å². The van der Waals surface area contributed by atoms with Crippen molar-refractivity contribution in [3.05, 3.63) is 71.8 Å². The van der Waals surface area contributed by atoms with Crippen LogP contribution in [0.2, 0.25) is 0 Å². The van der Waals surface area contributed by atoms with E-state index in [0.717, 1.165) is 25.8 Å². The molecule has 3 nitrogen and oxygen atoms in total. The quantitative estimate of drug-likeness (QED) is 0.809. The Balaban J connectivity index is 1.63. The van der Waals surface area contributed by atoms with Gasteiger partial charge in [0.2, 0.25) is 0 Å². The van der Waals surface area contributed by atoms with Crippen LogP contribution < -0.4 is 5.32 Å². The minimum absolute atomic E-state index is 0.0756. The molecule has 0 unspecified atom stereocenters. The van der Waals surface area contributed by atoms with Crippen molar-refractivity contribution in [3.8, 4) is 0 Å². The summed E-state index contributed by atoms with van der Waals surface area (Å²) in [7, 11) is 0. The fraction of sp³-hybridized carbons (Fsp3) is 0.409. The smallest absolute Gasteiger partial charge is 0.317 e. The van der Waals surface area contributed by atoms with Crippen LogP contribution >= 0.6 is 0 Å². The molecule has 0 aromatic heterocycles. The third-order valence-corrected chi connectivity index (χ3v) is 4.95. The summed E-state index contributed by atoms with van der Waals surface area (Å²) in [5, 5.41) is 3.26. The Hall–Kier alpha value is -2.29. The second kappa shape index (κ2) is 9.26. The number of nitrogens with one attached hydrogen (secondary N) is 1. The van der Waals surface area contributed by atoms with E-state index >= 15 is 0 Å². The van der Waals surface area contributed by atoms with Gasteiger partial charge >= 0.3 is 6.03 Å². The molecule has 132 valence electrons. The number of carbonyl (C=O) groups excluding carboxylic acids is 1. The lowest BCUT2D eigenvalue weighted by molar-refractivity contribution is 0.188. The van der Waals surface area contributed by atoms with Gasteiger partial charge in [-0.1, -0.05) is 79.9 Å². The SMILES string of the molecule is O=C(NC1CCCCC1)N(CCc1ccccc1)Cc1ccccc1. The Morgan fingerprint density at radius 2 is 1.48 bits per heavy atom. The molecule has 2 amide bonds. The highest BCUT2D eigenvalue weighted by atomic mass is 16.2. The van der Waals surface area contributed by atoms with E-state index in [9.17, 15) is 4.79 Å². The van der Waals surface area contributed by atoms with E-state index < -0.39 is 0 Å². The lowest BCUT2D eigenvalue weighted by atomic mass is 9.96. The summed E-state index contributed by atoms with van der Waals surface area (Å²) < 4.78 is 0. The van der Waals surface area contributed by atoms with Gasteiger partial charge in [0.05, 0.1) is 0 Å². The summed E-state index contributed by atoms with van der Waals surface area (Å²) in [6.07, 6.45) is 6.87. The molecular weight excluding hydrogens is 308 g/mol. The Labute approximate surface area is 151 Å². The van der Waals surface area contributed by atoms with Crippen molar-refractivity contribution in [1.82, 2.24) is 10.2 Å². The molecule has 1 aliphatic rings. The number of urea groups is 1. The van der Waals surface area contributed by atoms with E-state index in [2.05, 4.69) is 41.7 Å². The fourth-order valence-corrected chi connectivity index (χ4v) is 3.48. The van der Waals surface area contributed by atoms with Gasteiger partial charge in [-0.05, 0) is 30.4 Å². The summed E-state index contributed by atoms with van der Waals surface area (Å²) in [5.41, 5.74) is 2.44. The van der Waals surface area contributed by atoms with E-state index in [4.69, 9.17) is 0 Å². The second-order valence-corrected chi connectivity index (χ2v) is 6.93. The Bertz CT molecular complexity index is 636. The number of hydrogen-bond donors (Lipinski definition) is 1. The predicted molar refractivity (Wildman–Crippen MR) is 102 cm³/mol. The van der Waals surface area contributed by atoms with Crippen molar-refractivity contribution >= 4 is 6.03 Å². The van der Waals surface area contributed by atoms with Gasteiger partial charge < -0.3 is 10.2 Å². The highest BCUT2D eigenvalue weighted by Gasteiger charge is 2.20. The van der Waals surface area contributed by atoms with Crippen molar-refractivity contribution in [1.29, 1.82) is 0 Å². The van der Waals surface area contributed by atoms with E-state index in [1.54, 1.807) is 0 Å². The average molecular weight is 336 g/mol. The topological polar surface area (TPSA) is 32.3 Å². The first-order chi connectivity index (χ1) is 12.3. The van der Waals surface area contributed by atoms with Gasteiger partial charge in [-0.25, -0.2) is 4.79 Å². The van der Waals surface area contributed by atoms with E-state index in [1.807, 2.05) is 29.2 Å². The van der Waals surface area contributed by atoms with Crippen molar-refractivity contribution in [3.63, 3.8) is 0 Å². The standard InChI is InChI=1S/C22H28N2O/c25-22(23-21-14-8-3-9-15-21)24(18-20-12-6-2-7-13-20)17-16-19-10-4-1-5-11-19/h1-2,4-7,10-13,21H,3,8-9,14-18H2,(H,23,25). The molecule has 3 rings (SSSR count). The Morgan fingerprint density at radius 3 is 2.12 bits per heavy atom. The lowest BCUT2D eigenvalue weighted by Crippen LogP contribution is -2.45. The summed E-state index contributed by atoms with van der Waals surface area (Å²) in [5.74, 6) is 0. The highest BCUT2D eigenvalue weighted by Crippen LogP contribution is 2.18. The third-order valence-electron chi connectivity index (χ3n) is 4.95. The van der Waals surface area contributed by atoms with Gasteiger partial charge in [-0.3, -0.25) is 0 Å². The van der Waals surface area contributed by atoms with Gasteiger partial charge in [0.25, 0.3) is 0 Å². The Kier molecular flexibility index (Phi) is 6.49. The van der Waals surface area contributed by atoms with Crippen LogP contribution in [0.4, 0.5) is 4.79 Å². The minimum Gasteiger partial charge on any atom is -0.335 e. The summed E-state index contributed by atoms with van der Waals surface area (Å²) in [6, 6.07) is 21.1. The van der Waals surface area contributed by atoms with Crippen LogP contribution in [0.5, 0.6) is 0 Å². The molecule has 0 spiro atoms. The monoisotopic (exact) mass is 336 g/mol. The van der Waals surface area contributed by atoms with Gasteiger partial charge in [-0.15, -0.1) is 0 Å². The van der Waals surface area contributed by atoms with Crippen molar-refractivity contribution in [2.75, 3.05) is 6.54 Å². The Morgan fingerprint density at radius 1 is 0.880 bits per heavy atom. The molecule has 0 radical (unpaired) electrons. The molecular formula is C22H28N2O. The summed E-state index contributed by atoms with van der Waals surface area (Å²) >= 11 is 0. The van der Waals surface area contributed by atoms with Crippen molar-refractivity contribution in [2.45, 2.75) is 51.1 Å². The molecule has 1 saturated carbocycles. The molecule has 25 heavy (non-hydrogen) atoms. The predicted octanol–water partition coefficient (Wildman–Crippen LogP) is 4.77. The number of amides is 2. The maximum atomic E-state index is 12.9. The van der Waals surface area contributed by atoms with Crippen LogP contribution in [0, 0.1) is 0 Å². The summed E-state index contributed by atoms with van der Waals surface area (Å²) in [6.45, 7) is 1.39. The first kappa shape index (κ1) is 17.5. The molecule has 3 heteroatoms. The number of hydrogen-bond acceptors (Lipinski definition) is 1. The van der Waals surface area contributed by atoms with Crippen molar-refractivity contribution in [2.24, 2.45) is 0 Å². The van der Waals surface area contributed by atoms with Crippen molar-refractivity contribution < 1.29 is 4.79 Å². The first-order valence-electron chi connectivity index (χ1n) is 9.44. The molecule has 2 aromatic carbocycles. The van der Waals surface area contributed by atoms with Crippen LogP contribution in [0.15, 0.2) is 60.7 Å². The maximum Gasteiger partial charge on any atom is 0.317 e. The van der Waals surface area contributed by atoms with Gasteiger partial charge in [0.1, 0.15) is 0 Å². The van der Waals surface area contributed by atoms with Crippen LogP contribution in [-0.4, -0.2) is 23.5 Å². The second-order valence-electron chi connectivity index (χ2n) is 6.93. The third kappa shape index (κ3) is 5.63.